The summed E-state index contributed by atoms with van der Waals surface area (Å²) in [6.07, 6.45) is 2.24. The molecule has 1 heterocycles. The highest BCUT2D eigenvalue weighted by atomic mass is 19.1. The Hall–Kier alpha value is -1.22. The van der Waals surface area contributed by atoms with Gasteiger partial charge in [-0.05, 0) is 37.8 Å². The van der Waals surface area contributed by atoms with Gasteiger partial charge in [-0.15, -0.1) is 0 Å². The van der Waals surface area contributed by atoms with E-state index in [4.69, 9.17) is 4.74 Å². The second-order valence-electron chi connectivity index (χ2n) is 4.67. The van der Waals surface area contributed by atoms with Crippen molar-refractivity contribution in [2.45, 2.75) is 26.2 Å². The molecule has 0 atom stereocenters. The van der Waals surface area contributed by atoms with E-state index in [1.165, 1.54) is 6.07 Å². The van der Waals surface area contributed by atoms with Crippen molar-refractivity contribution in [3.8, 4) is 0 Å². The summed E-state index contributed by atoms with van der Waals surface area (Å²) in [7, 11) is 0. The van der Waals surface area contributed by atoms with Crippen molar-refractivity contribution in [1.82, 2.24) is 0 Å². The molecular formula is C14H17FO2. The largest absolute Gasteiger partial charge is 0.381 e. The minimum absolute atomic E-state index is 0.0851. The third-order valence-corrected chi connectivity index (χ3v) is 3.24. The molecule has 1 fully saturated rings. The predicted molar refractivity (Wildman–Crippen MR) is 63.6 cm³/mol. The molecule has 0 saturated carbocycles. The van der Waals surface area contributed by atoms with E-state index in [9.17, 15) is 9.18 Å². The maximum atomic E-state index is 13.5. The normalized spacial score (nSPS) is 17.1. The third-order valence-electron chi connectivity index (χ3n) is 3.24. The molecule has 1 aromatic rings. The van der Waals surface area contributed by atoms with Gasteiger partial charge in [0.1, 0.15) is 5.82 Å². The molecule has 0 radical (unpaired) electrons. The Bertz CT molecular complexity index is 409. The average Bonchev–Trinajstić information content (AvgIpc) is 2.33. The van der Waals surface area contributed by atoms with Gasteiger partial charge < -0.3 is 4.74 Å². The van der Waals surface area contributed by atoms with Crippen molar-refractivity contribution in [3.05, 3.63) is 35.1 Å². The average molecular weight is 236 g/mol. The van der Waals surface area contributed by atoms with Crippen LogP contribution in [0.15, 0.2) is 18.2 Å². The van der Waals surface area contributed by atoms with Crippen molar-refractivity contribution in [1.29, 1.82) is 0 Å². The van der Waals surface area contributed by atoms with Crippen LogP contribution < -0.4 is 0 Å². The van der Waals surface area contributed by atoms with Crippen LogP contribution in [-0.2, 0) is 4.74 Å². The summed E-state index contributed by atoms with van der Waals surface area (Å²) in [6.45, 7) is 3.30. The monoisotopic (exact) mass is 236 g/mol. The number of halogens is 1. The Kier molecular flexibility index (Phi) is 3.89. The molecule has 2 rings (SSSR count). The Morgan fingerprint density at radius 3 is 2.82 bits per heavy atom. The summed E-state index contributed by atoms with van der Waals surface area (Å²) < 4.78 is 18.8. The second-order valence-corrected chi connectivity index (χ2v) is 4.67. The maximum absolute atomic E-state index is 13.5. The summed E-state index contributed by atoms with van der Waals surface area (Å²) in [5.41, 5.74) is 1.15. The van der Waals surface area contributed by atoms with Crippen LogP contribution >= 0.6 is 0 Å². The smallest absolute Gasteiger partial charge is 0.166 e. The lowest BCUT2D eigenvalue weighted by atomic mass is 9.91. The van der Waals surface area contributed by atoms with Gasteiger partial charge in [-0.1, -0.05) is 11.6 Å². The lowest BCUT2D eigenvalue weighted by Crippen LogP contribution is -2.19. The van der Waals surface area contributed by atoms with Gasteiger partial charge in [-0.3, -0.25) is 4.79 Å². The molecule has 0 unspecified atom stereocenters. The highest BCUT2D eigenvalue weighted by Crippen LogP contribution is 2.22. The van der Waals surface area contributed by atoms with Crippen LogP contribution in [0.4, 0.5) is 4.39 Å². The molecule has 0 bridgehead atoms. The molecule has 0 N–H and O–H groups in total. The number of benzene rings is 1. The highest BCUT2D eigenvalue weighted by molar-refractivity contribution is 5.96. The van der Waals surface area contributed by atoms with Crippen LogP contribution in [0.3, 0.4) is 0 Å². The van der Waals surface area contributed by atoms with Crippen molar-refractivity contribution in [3.63, 3.8) is 0 Å². The third kappa shape index (κ3) is 3.13. The molecule has 3 heteroatoms. The maximum Gasteiger partial charge on any atom is 0.166 e. The van der Waals surface area contributed by atoms with Crippen molar-refractivity contribution < 1.29 is 13.9 Å². The zero-order valence-electron chi connectivity index (χ0n) is 10.0. The second kappa shape index (κ2) is 5.41. The van der Waals surface area contributed by atoms with Gasteiger partial charge in [0.25, 0.3) is 0 Å². The summed E-state index contributed by atoms with van der Waals surface area (Å²) in [6, 6.07) is 4.68. The number of hydrogen-bond acceptors (Lipinski definition) is 2. The molecule has 17 heavy (non-hydrogen) atoms. The molecule has 0 aliphatic carbocycles. The Morgan fingerprint density at radius 2 is 2.12 bits per heavy atom. The lowest BCUT2D eigenvalue weighted by molar-refractivity contribution is 0.0600. The van der Waals surface area contributed by atoms with Crippen molar-refractivity contribution >= 4 is 5.78 Å². The van der Waals surface area contributed by atoms with Crippen LogP contribution in [0.2, 0.25) is 0 Å². The summed E-state index contributed by atoms with van der Waals surface area (Å²) in [5.74, 6) is -0.151. The van der Waals surface area contributed by atoms with E-state index in [0.717, 1.165) is 18.4 Å². The summed E-state index contributed by atoms with van der Waals surface area (Å²) in [5, 5.41) is 0. The van der Waals surface area contributed by atoms with Crippen LogP contribution in [0.25, 0.3) is 0 Å². The molecule has 2 nitrogen and oxygen atoms in total. The number of Topliss-reactive ketones (excluding diaryl/α,β-unsaturated/α-hetero) is 1. The first-order valence-electron chi connectivity index (χ1n) is 6.04. The Labute approximate surface area is 101 Å². The number of hydrogen-bond donors (Lipinski definition) is 0. The van der Waals surface area contributed by atoms with E-state index in [2.05, 4.69) is 0 Å². The fraction of sp³-hybridized carbons (Fsp3) is 0.500. The summed E-state index contributed by atoms with van der Waals surface area (Å²) >= 11 is 0. The molecule has 92 valence electrons. The van der Waals surface area contributed by atoms with Gasteiger partial charge in [0, 0.05) is 19.6 Å². The van der Waals surface area contributed by atoms with Gasteiger partial charge in [-0.2, -0.15) is 0 Å². The van der Waals surface area contributed by atoms with Gasteiger partial charge in [-0.25, -0.2) is 4.39 Å². The fourth-order valence-electron chi connectivity index (χ4n) is 2.18. The molecule has 1 saturated heterocycles. The number of rotatable bonds is 3. The van der Waals surface area contributed by atoms with E-state index in [1.54, 1.807) is 12.1 Å². The van der Waals surface area contributed by atoms with Gasteiger partial charge in [0.2, 0.25) is 0 Å². The zero-order chi connectivity index (χ0) is 12.3. The first-order valence-corrected chi connectivity index (χ1v) is 6.04. The highest BCUT2D eigenvalue weighted by Gasteiger charge is 2.20. The van der Waals surface area contributed by atoms with E-state index in [0.29, 0.717) is 25.6 Å². The van der Waals surface area contributed by atoms with Gasteiger partial charge in [0.05, 0.1) is 5.56 Å². The van der Waals surface area contributed by atoms with Crippen LogP contribution in [0, 0.1) is 18.7 Å². The van der Waals surface area contributed by atoms with Crippen LogP contribution in [-0.4, -0.2) is 19.0 Å². The topological polar surface area (TPSA) is 26.3 Å². The number of carbonyl (C=O) groups excluding carboxylic acids is 1. The SMILES string of the molecule is Cc1ccc(F)c(C(=O)CC2CCOCC2)c1. The van der Waals surface area contributed by atoms with Crippen molar-refractivity contribution in [2.24, 2.45) is 5.92 Å². The quantitative estimate of drug-likeness (QED) is 0.754. The van der Waals surface area contributed by atoms with E-state index in [1.807, 2.05) is 6.92 Å². The minimum atomic E-state index is -0.410. The van der Waals surface area contributed by atoms with E-state index in [-0.39, 0.29) is 11.3 Å². The first-order chi connectivity index (χ1) is 8.16. The number of ether oxygens (including phenoxy) is 1. The molecule has 0 aromatic heterocycles. The number of carbonyl (C=O) groups is 1. The fourth-order valence-corrected chi connectivity index (χ4v) is 2.18. The minimum Gasteiger partial charge on any atom is -0.381 e. The summed E-state index contributed by atoms with van der Waals surface area (Å²) in [4.78, 5) is 12.0. The molecule has 1 aromatic carbocycles. The standard InChI is InChI=1S/C14H17FO2/c1-10-2-3-13(15)12(8-10)14(16)9-11-4-6-17-7-5-11/h2-3,8,11H,4-7,9H2,1H3. The van der Waals surface area contributed by atoms with Crippen LogP contribution in [0.5, 0.6) is 0 Å². The molecule has 1 aliphatic heterocycles. The molecule has 0 spiro atoms. The van der Waals surface area contributed by atoms with Crippen molar-refractivity contribution in [2.75, 3.05) is 13.2 Å². The van der Waals surface area contributed by atoms with Gasteiger partial charge >= 0.3 is 0 Å². The molecule has 0 amide bonds. The van der Waals surface area contributed by atoms with E-state index < -0.39 is 5.82 Å². The molecular weight excluding hydrogens is 219 g/mol. The first kappa shape index (κ1) is 12.2. The Balaban J connectivity index is 2.05. The van der Waals surface area contributed by atoms with E-state index >= 15 is 0 Å². The van der Waals surface area contributed by atoms with Gasteiger partial charge in [0.15, 0.2) is 5.78 Å². The molecule has 1 aliphatic rings. The zero-order valence-corrected chi connectivity index (χ0v) is 10.0. The van der Waals surface area contributed by atoms with Crippen LogP contribution in [0.1, 0.15) is 35.2 Å². The number of ketones is 1. The number of aryl methyl sites for hydroxylation is 1. The lowest BCUT2D eigenvalue weighted by Gasteiger charge is -2.21. The predicted octanol–water partition coefficient (Wildman–Crippen LogP) is 3.13. The Morgan fingerprint density at radius 1 is 1.41 bits per heavy atom.